The third kappa shape index (κ3) is 1.07. The van der Waals surface area contributed by atoms with Gasteiger partial charge in [0.1, 0.15) is 5.82 Å². The number of hydrogen-bond donors (Lipinski definition) is 3. The lowest BCUT2D eigenvalue weighted by Crippen LogP contribution is -2.31. The lowest BCUT2D eigenvalue weighted by molar-refractivity contribution is -0.114. The van der Waals surface area contributed by atoms with Crippen LogP contribution in [-0.4, -0.2) is 18.8 Å². The average molecular weight is 140 g/mol. The summed E-state index contributed by atoms with van der Waals surface area (Å²) in [6.45, 7) is 0.272. The molecule has 1 rings (SSSR count). The quantitative estimate of drug-likeness (QED) is 0.404. The molecule has 0 bridgehead atoms. The first-order valence-electron chi connectivity index (χ1n) is 2.75. The predicted octanol–water partition coefficient (Wildman–Crippen LogP) is -1.73. The second-order valence-corrected chi connectivity index (χ2v) is 1.87. The molecular formula is C5H8N4O. The van der Waals surface area contributed by atoms with E-state index in [1.54, 1.807) is 0 Å². The van der Waals surface area contributed by atoms with E-state index in [1.165, 1.54) is 6.34 Å². The molecule has 1 amide bonds. The highest BCUT2D eigenvalue weighted by atomic mass is 16.1. The standard InChI is InChI=1S/C5H8N4O/c6-4-3(5(7)10)1-8-2-9-4/h2H,1,6H2,(H2,7,10)(H,8,9). The number of carbonyl (C=O) groups is 1. The highest BCUT2D eigenvalue weighted by molar-refractivity contribution is 5.94. The van der Waals surface area contributed by atoms with E-state index in [1.807, 2.05) is 0 Å². The van der Waals surface area contributed by atoms with Gasteiger partial charge in [0, 0.05) is 0 Å². The number of amides is 1. The first kappa shape index (κ1) is 6.60. The van der Waals surface area contributed by atoms with Crippen LogP contribution in [0.1, 0.15) is 0 Å². The van der Waals surface area contributed by atoms with Gasteiger partial charge in [-0.05, 0) is 0 Å². The molecule has 0 saturated heterocycles. The second-order valence-electron chi connectivity index (χ2n) is 1.87. The third-order valence-electron chi connectivity index (χ3n) is 1.18. The van der Waals surface area contributed by atoms with Crippen molar-refractivity contribution in [2.45, 2.75) is 0 Å². The molecule has 0 atom stereocenters. The first-order chi connectivity index (χ1) is 4.72. The fourth-order valence-electron chi connectivity index (χ4n) is 0.635. The molecule has 0 saturated carbocycles. The smallest absolute Gasteiger partial charge is 0.250 e. The van der Waals surface area contributed by atoms with E-state index < -0.39 is 5.91 Å². The Morgan fingerprint density at radius 3 is 2.90 bits per heavy atom. The largest absolute Gasteiger partial charge is 0.385 e. The van der Waals surface area contributed by atoms with Crippen LogP contribution in [0.2, 0.25) is 0 Å². The Bertz CT molecular complexity index is 218. The molecule has 0 aromatic rings. The Morgan fingerprint density at radius 2 is 2.50 bits per heavy atom. The predicted molar refractivity (Wildman–Crippen MR) is 36.9 cm³/mol. The Balaban J connectivity index is 2.81. The topological polar surface area (TPSA) is 93.5 Å². The van der Waals surface area contributed by atoms with Crippen molar-refractivity contribution in [3.05, 3.63) is 11.4 Å². The normalized spacial score (nSPS) is 16.8. The summed E-state index contributed by atoms with van der Waals surface area (Å²) in [5.74, 6) is -0.232. The second kappa shape index (κ2) is 2.38. The van der Waals surface area contributed by atoms with Crippen molar-refractivity contribution < 1.29 is 4.79 Å². The fraction of sp³-hybridized carbons (Fsp3) is 0.200. The maximum absolute atomic E-state index is 10.5. The molecule has 5 heteroatoms. The maximum Gasteiger partial charge on any atom is 0.250 e. The summed E-state index contributed by atoms with van der Waals surface area (Å²) in [5, 5.41) is 2.58. The molecule has 0 fully saturated rings. The Kier molecular flexibility index (Phi) is 1.57. The summed E-state index contributed by atoms with van der Waals surface area (Å²) in [4.78, 5) is 14.3. The molecular weight excluding hydrogens is 132 g/mol. The fourth-order valence-corrected chi connectivity index (χ4v) is 0.635. The molecule has 54 valence electrons. The maximum atomic E-state index is 10.5. The van der Waals surface area contributed by atoms with Crippen molar-refractivity contribution in [1.82, 2.24) is 5.32 Å². The lowest BCUT2D eigenvalue weighted by atomic mass is 10.2. The van der Waals surface area contributed by atoms with Crippen LogP contribution in [0.5, 0.6) is 0 Å². The summed E-state index contributed by atoms with van der Waals surface area (Å²) in [6.07, 6.45) is 1.43. The number of aliphatic imine (C=N–C) groups is 1. The highest BCUT2D eigenvalue weighted by Crippen LogP contribution is 1.98. The lowest BCUT2D eigenvalue weighted by Gasteiger charge is -2.09. The summed E-state index contributed by atoms with van der Waals surface area (Å²) < 4.78 is 0. The zero-order valence-electron chi connectivity index (χ0n) is 5.29. The average Bonchev–Trinajstić information content (AvgIpc) is 1.88. The molecule has 0 radical (unpaired) electrons. The van der Waals surface area contributed by atoms with Crippen LogP contribution in [-0.2, 0) is 4.79 Å². The number of nitrogens with two attached hydrogens (primary N) is 2. The van der Waals surface area contributed by atoms with E-state index in [2.05, 4.69) is 10.3 Å². The van der Waals surface area contributed by atoms with Gasteiger partial charge in [-0.3, -0.25) is 9.79 Å². The van der Waals surface area contributed by atoms with Crippen molar-refractivity contribution in [1.29, 1.82) is 0 Å². The SMILES string of the molecule is NC(=O)C1=C(N)NC=NC1. The van der Waals surface area contributed by atoms with Crippen molar-refractivity contribution >= 4 is 12.2 Å². The molecule has 10 heavy (non-hydrogen) atoms. The van der Waals surface area contributed by atoms with Crippen molar-refractivity contribution in [3.8, 4) is 0 Å². The number of primary amides is 1. The van der Waals surface area contributed by atoms with E-state index in [9.17, 15) is 4.79 Å². The van der Waals surface area contributed by atoms with Gasteiger partial charge in [-0.15, -0.1) is 0 Å². The van der Waals surface area contributed by atoms with Gasteiger partial charge in [0.05, 0.1) is 18.5 Å². The van der Waals surface area contributed by atoms with Crippen LogP contribution >= 0.6 is 0 Å². The third-order valence-corrected chi connectivity index (χ3v) is 1.18. The molecule has 0 spiro atoms. The molecule has 0 unspecified atom stereocenters. The molecule has 0 aromatic heterocycles. The van der Waals surface area contributed by atoms with Crippen molar-refractivity contribution in [2.75, 3.05) is 6.54 Å². The van der Waals surface area contributed by atoms with Gasteiger partial charge in [0.25, 0.3) is 0 Å². The molecule has 1 aliphatic rings. The van der Waals surface area contributed by atoms with Gasteiger partial charge in [-0.2, -0.15) is 0 Å². The zero-order chi connectivity index (χ0) is 7.56. The number of nitrogens with zero attached hydrogens (tertiary/aromatic N) is 1. The number of nitrogens with one attached hydrogen (secondary N) is 1. The Hall–Kier alpha value is -1.52. The van der Waals surface area contributed by atoms with Gasteiger partial charge in [-0.1, -0.05) is 0 Å². The minimum atomic E-state index is -0.526. The number of carbonyl (C=O) groups excluding carboxylic acids is 1. The molecule has 5 N–H and O–H groups in total. The Morgan fingerprint density at radius 1 is 1.80 bits per heavy atom. The van der Waals surface area contributed by atoms with Crippen LogP contribution in [0.25, 0.3) is 0 Å². The van der Waals surface area contributed by atoms with Gasteiger partial charge in [0.2, 0.25) is 5.91 Å². The number of hydrogen-bond acceptors (Lipinski definition) is 4. The monoisotopic (exact) mass is 140 g/mol. The van der Waals surface area contributed by atoms with Crippen molar-refractivity contribution in [3.63, 3.8) is 0 Å². The number of rotatable bonds is 1. The van der Waals surface area contributed by atoms with Crippen LogP contribution < -0.4 is 16.8 Å². The highest BCUT2D eigenvalue weighted by Gasteiger charge is 2.10. The van der Waals surface area contributed by atoms with Gasteiger partial charge < -0.3 is 16.8 Å². The summed E-state index contributed by atoms with van der Waals surface area (Å²) >= 11 is 0. The van der Waals surface area contributed by atoms with E-state index in [0.717, 1.165) is 0 Å². The Labute approximate surface area is 57.8 Å². The van der Waals surface area contributed by atoms with Gasteiger partial charge >= 0.3 is 0 Å². The summed E-state index contributed by atoms with van der Waals surface area (Å²) in [5.41, 5.74) is 10.7. The minimum Gasteiger partial charge on any atom is -0.385 e. The van der Waals surface area contributed by atoms with E-state index in [0.29, 0.717) is 11.4 Å². The van der Waals surface area contributed by atoms with Crippen LogP contribution in [0.3, 0.4) is 0 Å². The zero-order valence-corrected chi connectivity index (χ0v) is 5.29. The van der Waals surface area contributed by atoms with Gasteiger partial charge in [-0.25, -0.2) is 0 Å². The summed E-state index contributed by atoms with van der Waals surface area (Å²) in [6, 6.07) is 0. The molecule has 1 aliphatic heterocycles. The van der Waals surface area contributed by atoms with Crippen molar-refractivity contribution in [2.24, 2.45) is 16.5 Å². The molecule has 0 aliphatic carbocycles. The van der Waals surface area contributed by atoms with Crippen LogP contribution in [0, 0.1) is 0 Å². The van der Waals surface area contributed by atoms with Gasteiger partial charge in [0.15, 0.2) is 0 Å². The van der Waals surface area contributed by atoms with Crippen LogP contribution in [0.4, 0.5) is 0 Å². The first-order valence-corrected chi connectivity index (χ1v) is 2.75. The van der Waals surface area contributed by atoms with E-state index in [-0.39, 0.29) is 6.54 Å². The van der Waals surface area contributed by atoms with Crippen LogP contribution in [0.15, 0.2) is 16.4 Å². The summed E-state index contributed by atoms with van der Waals surface area (Å²) in [7, 11) is 0. The van der Waals surface area contributed by atoms with E-state index >= 15 is 0 Å². The molecule has 5 nitrogen and oxygen atoms in total. The van der Waals surface area contributed by atoms with E-state index in [4.69, 9.17) is 11.5 Å². The molecule has 1 heterocycles. The molecule has 0 aromatic carbocycles. The minimum absolute atomic E-state index is 0.272.